The van der Waals surface area contributed by atoms with E-state index in [1.807, 2.05) is 34.1 Å². The maximum Gasteiger partial charge on any atom is 0.410 e. The molecule has 0 spiro atoms. The molecule has 4 rings (SSSR count). The number of piperidine rings is 1. The van der Waals surface area contributed by atoms with Crippen LogP contribution in [0.25, 0.3) is 10.9 Å². The fraction of sp³-hybridized carbons (Fsp3) is 0.526. The first-order valence-electron chi connectivity index (χ1n) is 9.23. The van der Waals surface area contributed by atoms with Crippen LogP contribution >= 0.6 is 0 Å². The van der Waals surface area contributed by atoms with Crippen molar-refractivity contribution in [3.63, 3.8) is 0 Å². The molecular weight excluding hydrogens is 332 g/mol. The number of hydrogen-bond acceptors (Lipinski definition) is 4. The quantitative estimate of drug-likeness (QED) is 0.917. The summed E-state index contributed by atoms with van der Waals surface area (Å²) in [4.78, 5) is 28.8. The molecule has 1 aromatic carbocycles. The molecule has 2 aliphatic heterocycles. The number of likely N-dealkylation sites (tertiary alicyclic amines) is 1. The second-order valence-electron chi connectivity index (χ2n) is 7.44. The highest BCUT2D eigenvalue weighted by Gasteiger charge is 2.41. The molecule has 3 heterocycles. The van der Waals surface area contributed by atoms with Gasteiger partial charge in [0, 0.05) is 24.5 Å². The predicted molar refractivity (Wildman–Crippen MR) is 96.8 cm³/mol. The number of para-hydroxylation sites is 1. The molecule has 1 N–H and O–H groups in total. The van der Waals surface area contributed by atoms with Crippen LogP contribution in [0, 0.1) is 5.92 Å². The Morgan fingerprint density at radius 1 is 1.27 bits per heavy atom. The summed E-state index contributed by atoms with van der Waals surface area (Å²) in [6.45, 7) is 5.94. The van der Waals surface area contributed by atoms with Crippen molar-refractivity contribution >= 4 is 22.9 Å². The average molecular weight is 356 g/mol. The van der Waals surface area contributed by atoms with Crippen LogP contribution in [0.2, 0.25) is 0 Å². The van der Waals surface area contributed by atoms with Crippen LogP contribution < -0.4 is 0 Å². The van der Waals surface area contributed by atoms with Gasteiger partial charge in [0.1, 0.15) is 6.61 Å². The Hall–Kier alpha value is -2.57. The van der Waals surface area contributed by atoms with Crippen LogP contribution in [0.3, 0.4) is 0 Å². The third-order valence-corrected chi connectivity index (χ3v) is 5.53. The number of ether oxygens (including phenoxy) is 1. The van der Waals surface area contributed by atoms with Gasteiger partial charge in [-0.05, 0) is 24.8 Å². The number of fused-ring (bicyclic) bond motifs is 1. The molecule has 1 unspecified atom stereocenters. The van der Waals surface area contributed by atoms with E-state index in [9.17, 15) is 9.59 Å². The van der Waals surface area contributed by atoms with Crippen molar-refractivity contribution in [2.75, 3.05) is 19.7 Å². The number of H-pyrrole nitrogens is 1. The second-order valence-corrected chi connectivity index (χ2v) is 7.44. The van der Waals surface area contributed by atoms with Gasteiger partial charge in [0.25, 0.3) is 5.91 Å². The predicted octanol–water partition coefficient (Wildman–Crippen LogP) is 2.64. The molecule has 0 radical (unpaired) electrons. The highest BCUT2D eigenvalue weighted by atomic mass is 16.6. The number of rotatable bonds is 3. The minimum Gasteiger partial charge on any atom is -0.447 e. The summed E-state index contributed by atoms with van der Waals surface area (Å²) in [6.07, 6.45) is 1.32. The number of carbonyl (C=O) groups is 2. The molecular formula is C19H24N4O3. The summed E-state index contributed by atoms with van der Waals surface area (Å²) in [5.41, 5.74) is 1.34. The van der Waals surface area contributed by atoms with E-state index >= 15 is 0 Å². The van der Waals surface area contributed by atoms with Gasteiger partial charge in [-0.2, -0.15) is 5.10 Å². The molecule has 1 atom stereocenters. The lowest BCUT2D eigenvalue weighted by Crippen LogP contribution is -2.51. The number of cyclic esters (lactones) is 1. The monoisotopic (exact) mass is 356 g/mol. The molecule has 0 aliphatic carbocycles. The zero-order valence-corrected chi connectivity index (χ0v) is 15.1. The van der Waals surface area contributed by atoms with Crippen LogP contribution in [-0.2, 0) is 4.74 Å². The first-order valence-corrected chi connectivity index (χ1v) is 9.23. The lowest BCUT2D eigenvalue weighted by atomic mass is 9.97. The Morgan fingerprint density at radius 2 is 2.00 bits per heavy atom. The SMILES string of the molecule is CC(C)C1COC(=O)N1C1CCN(C(=O)c2n[nH]c3ccccc23)CC1. The molecule has 138 valence electrons. The van der Waals surface area contributed by atoms with Crippen LogP contribution in [0.4, 0.5) is 4.79 Å². The van der Waals surface area contributed by atoms with E-state index in [0.29, 0.717) is 31.3 Å². The number of benzene rings is 1. The summed E-state index contributed by atoms with van der Waals surface area (Å²) >= 11 is 0. The number of nitrogens with one attached hydrogen (secondary N) is 1. The summed E-state index contributed by atoms with van der Waals surface area (Å²) < 4.78 is 5.27. The Kier molecular flexibility index (Phi) is 4.30. The van der Waals surface area contributed by atoms with Crippen LogP contribution in [-0.4, -0.2) is 63.8 Å². The zero-order valence-electron chi connectivity index (χ0n) is 15.1. The molecule has 2 aromatic rings. The molecule has 2 saturated heterocycles. The van der Waals surface area contributed by atoms with Crippen molar-refractivity contribution < 1.29 is 14.3 Å². The van der Waals surface area contributed by atoms with Gasteiger partial charge in [-0.25, -0.2) is 4.79 Å². The van der Waals surface area contributed by atoms with E-state index < -0.39 is 0 Å². The Labute approximate surface area is 152 Å². The maximum absolute atomic E-state index is 12.9. The highest BCUT2D eigenvalue weighted by Crippen LogP contribution is 2.28. The van der Waals surface area contributed by atoms with E-state index in [0.717, 1.165) is 23.7 Å². The van der Waals surface area contributed by atoms with Gasteiger partial charge < -0.3 is 9.64 Å². The number of aromatic amines is 1. The smallest absolute Gasteiger partial charge is 0.410 e. The summed E-state index contributed by atoms with van der Waals surface area (Å²) in [5, 5.41) is 7.98. The van der Waals surface area contributed by atoms with Gasteiger partial charge in [0.15, 0.2) is 5.69 Å². The fourth-order valence-corrected chi connectivity index (χ4v) is 4.00. The molecule has 2 fully saturated rings. The highest BCUT2D eigenvalue weighted by molar-refractivity contribution is 6.04. The largest absolute Gasteiger partial charge is 0.447 e. The molecule has 2 amide bonds. The van der Waals surface area contributed by atoms with Gasteiger partial charge in [-0.15, -0.1) is 0 Å². The Bertz CT molecular complexity index is 823. The molecule has 2 aliphatic rings. The molecule has 1 aromatic heterocycles. The van der Waals surface area contributed by atoms with Crippen molar-refractivity contribution in [1.29, 1.82) is 0 Å². The van der Waals surface area contributed by atoms with E-state index in [4.69, 9.17) is 4.74 Å². The first-order chi connectivity index (χ1) is 12.6. The van der Waals surface area contributed by atoms with Crippen molar-refractivity contribution in [1.82, 2.24) is 20.0 Å². The first kappa shape index (κ1) is 16.9. The standard InChI is InChI=1S/C19H24N4O3/c1-12(2)16-11-26-19(25)23(16)13-7-9-22(10-8-13)18(24)17-14-5-3-4-6-15(14)20-21-17/h3-6,12-13,16H,7-11H2,1-2H3,(H,20,21). The van der Waals surface area contributed by atoms with Gasteiger partial charge >= 0.3 is 6.09 Å². The fourth-order valence-electron chi connectivity index (χ4n) is 4.00. The summed E-state index contributed by atoms with van der Waals surface area (Å²) in [5.74, 6) is 0.307. The van der Waals surface area contributed by atoms with Gasteiger partial charge in [-0.3, -0.25) is 14.8 Å². The van der Waals surface area contributed by atoms with Gasteiger partial charge in [0.2, 0.25) is 0 Å². The van der Waals surface area contributed by atoms with Crippen molar-refractivity contribution in [2.24, 2.45) is 5.92 Å². The normalized spacial score (nSPS) is 21.7. The van der Waals surface area contributed by atoms with Crippen LogP contribution in [0.5, 0.6) is 0 Å². The summed E-state index contributed by atoms with van der Waals surface area (Å²) in [7, 11) is 0. The van der Waals surface area contributed by atoms with E-state index in [-0.39, 0.29) is 24.1 Å². The summed E-state index contributed by atoms with van der Waals surface area (Å²) in [6, 6.07) is 7.91. The lowest BCUT2D eigenvalue weighted by Gasteiger charge is -2.38. The Balaban J connectivity index is 1.45. The number of hydrogen-bond donors (Lipinski definition) is 1. The maximum atomic E-state index is 12.9. The van der Waals surface area contributed by atoms with Gasteiger partial charge in [0.05, 0.1) is 11.6 Å². The minimum absolute atomic E-state index is 0.0506. The number of aromatic nitrogens is 2. The van der Waals surface area contributed by atoms with Crippen molar-refractivity contribution in [2.45, 2.75) is 38.8 Å². The molecule has 7 nitrogen and oxygen atoms in total. The van der Waals surface area contributed by atoms with Crippen molar-refractivity contribution in [3.8, 4) is 0 Å². The lowest BCUT2D eigenvalue weighted by molar-refractivity contribution is 0.0616. The number of nitrogens with zero attached hydrogens (tertiary/aromatic N) is 3. The molecule has 26 heavy (non-hydrogen) atoms. The number of amides is 2. The van der Waals surface area contributed by atoms with E-state index in [1.54, 1.807) is 0 Å². The van der Waals surface area contributed by atoms with E-state index in [1.165, 1.54) is 0 Å². The second kappa shape index (κ2) is 6.63. The minimum atomic E-state index is -0.216. The van der Waals surface area contributed by atoms with E-state index in [2.05, 4.69) is 24.0 Å². The number of carbonyl (C=O) groups excluding carboxylic acids is 2. The molecule has 0 saturated carbocycles. The Morgan fingerprint density at radius 3 is 2.73 bits per heavy atom. The van der Waals surface area contributed by atoms with Crippen molar-refractivity contribution in [3.05, 3.63) is 30.0 Å². The molecule has 0 bridgehead atoms. The average Bonchev–Trinajstić information content (AvgIpc) is 3.25. The third kappa shape index (κ3) is 2.81. The van der Waals surface area contributed by atoms with Crippen LogP contribution in [0.15, 0.2) is 24.3 Å². The van der Waals surface area contributed by atoms with Crippen LogP contribution in [0.1, 0.15) is 37.2 Å². The topological polar surface area (TPSA) is 78.5 Å². The third-order valence-electron chi connectivity index (χ3n) is 5.53. The molecule has 7 heteroatoms. The van der Waals surface area contributed by atoms with Gasteiger partial charge in [-0.1, -0.05) is 32.0 Å². The zero-order chi connectivity index (χ0) is 18.3.